The van der Waals surface area contributed by atoms with Gasteiger partial charge in [-0.05, 0) is 34.2 Å². The van der Waals surface area contributed by atoms with Crippen LogP contribution in [0.25, 0.3) is 0 Å². The van der Waals surface area contributed by atoms with Gasteiger partial charge in [0.1, 0.15) is 0 Å². The summed E-state index contributed by atoms with van der Waals surface area (Å²) in [4.78, 5) is 11.2. The topological polar surface area (TPSA) is 31.4 Å². The van der Waals surface area contributed by atoms with Crippen LogP contribution in [0, 0.1) is 6.92 Å². The van der Waals surface area contributed by atoms with E-state index in [0.717, 1.165) is 26.2 Å². The summed E-state index contributed by atoms with van der Waals surface area (Å²) in [6.45, 7) is 13.4. The third kappa shape index (κ3) is 3.32. The monoisotopic (exact) mass is 296 g/mol. The quantitative estimate of drug-likeness (QED) is 0.905. The zero-order valence-electron chi connectivity index (χ0n) is 13.4. The zero-order chi connectivity index (χ0) is 14.7. The number of thiazole rings is 1. The number of hydrogen-bond donors (Lipinski definition) is 1. The lowest BCUT2D eigenvalue weighted by atomic mass is 10.2. The second kappa shape index (κ2) is 6.87. The molecule has 5 heteroatoms. The minimum atomic E-state index is 0.391. The van der Waals surface area contributed by atoms with Crippen molar-refractivity contribution in [3.8, 4) is 0 Å². The van der Waals surface area contributed by atoms with Crippen molar-refractivity contribution in [1.29, 1.82) is 0 Å². The van der Waals surface area contributed by atoms with Crippen LogP contribution in [0.15, 0.2) is 0 Å². The van der Waals surface area contributed by atoms with Crippen molar-refractivity contribution in [1.82, 2.24) is 15.2 Å². The first-order valence-electron chi connectivity index (χ1n) is 7.70. The fourth-order valence-electron chi connectivity index (χ4n) is 2.67. The number of nitrogens with one attached hydrogen (secondary N) is 1. The predicted molar refractivity (Wildman–Crippen MR) is 87.9 cm³/mol. The van der Waals surface area contributed by atoms with Crippen molar-refractivity contribution >= 4 is 16.5 Å². The van der Waals surface area contributed by atoms with E-state index in [9.17, 15) is 0 Å². The summed E-state index contributed by atoms with van der Waals surface area (Å²) in [5, 5.41) is 4.51. The second-order valence-electron chi connectivity index (χ2n) is 5.74. The van der Waals surface area contributed by atoms with Crippen LogP contribution < -0.4 is 10.2 Å². The molecule has 2 heterocycles. The Kier molecular flexibility index (Phi) is 5.41. The van der Waals surface area contributed by atoms with Crippen LogP contribution in [0.3, 0.4) is 0 Å². The van der Waals surface area contributed by atoms with E-state index in [4.69, 9.17) is 4.98 Å². The SMILES string of the molecule is CCC(C)N1CCN(c2nc(C)c(C(C)NC)s2)CC1. The van der Waals surface area contributed by atoms with Crippen molar-refractivity contribution in [2.75, 3.05) is 38.1 Å². The van der Waals surface area contributed by atoms with Crippen LogP contribution in [0.4, 0.5) is 5.13 Å². The number of aryl methyl sites for hydroxylation is 1. The van der Waals surface area contributed by atoms with Crippen LogP contribution >= 0.6 is 11.3 Å². The molecule has 0 bridgehead atoms. The van der Waals surface area contributed by atoms with E-state index < -0.39 is 0 Å². The van der Waals surface area contributed by atoms with E-state index >= 15 is 0 Å². The van der Waals surface area contributed by atoms with Gasteiger partial charge in [0.2, 0.25) is 0 Å². The molecule has 2 atom stereocenters. The molecule has 0 spiro atoms. The Morgan fingerprint density at radius 2 is 1.90 bits per heavy atom. The highest BCUT2D eigenvalue weighted by atomic mass is 32.1. The van der Waals surface area contributed by atoms with Crippen LogP contribution in [-0.4, -0.2) is 49.2 Å². The molecule has 0 aliphatic carbocycles. The van der Waals surface area contributed by atoms with Crippen LogP contribution in [0.5, 0.6) is 0 Å². The van der Waals surface area contributed by atoms with Gasteiger partial charge in [-0.15, -0.1) is 11.3 Å². The van der Waals surface area contributed by atoms with Crippen molar-refractivity contribution in [3.63, 3.8) is 0 Å². The maximum absolute atomic E-state index is 4.78. The molecule has 0 saturated carbocycles. The van der Waals surface area contributed by atoms with Gasteiger partial charge in [0, 0.05) is 43.1 Å². The van der Waals surface area contributed by atoms with Crippen LogP contribution in [-0.2, 0) is 0 Å². The number of aromatic nitrogens is 1. The molecule has 0 radical (unpaired) electrons. The summed E-state index contributed by atoms with van der Waals surface area (Å²) < 4.78 is 0. The normalized spacial score (nSPS) is 20.1. The third-order valence-electron chi connectivity index (χ3n) is 4.45. The molecule has 2 rings (SSSR count). The van der Waals surface area contributed by atoms with Gasteiger partial charge in [-0.25, -0.2) is 4.98 Å². The Morgan fingerprint density at radius 1 is 1.25 bits per heavy atom. The van der Waals surface area contributed by atoms with E-state index in [0.29, 0.717) is 12.1 Å². The lowest BCUT2D eigenvalue weighted by molar-refractivity contribution is 0.193. The molecule has 2 unspecified atom stereocenters. The van der Waals surface area contributed by atoms with Gasteiger partial charge in [-0.1, -0.05) is 6.92 Å². The van der Waals surface area contributed by atoms with E-state index in [-0.39, 0.29) is 0 Å². The highest BCUT2D eigenvalue weighted by Gasteiger charge is 2.23. The summed E-state index contributed by atoms with van der Waals surface area (Å²) >= 11 is 1.85. The van der Waals surface area contributed by atoms with E-state index in [2.05, 4.69) is 42.8 Å². The Balaban J connectivity index is 2.00. The first kappa shape index (κ1) is 15.7. The van der Waals surface area contributed by atoms with Crippen molar-refractivity contribution in [2.24, 2.45) is 0 Å². The van der Waals surface area contributed by atoms with Crippen LogP contribution in [0.2, 0.25) is 0 Å². The minimum absolute atomic E-state index is 0.391. The molecule has 1 N–H and O–H groups in total. The van der Waals surface area contributed by atoms with Gasteiger partial charge in [-0.2, -0.15) is 0 Å². The van der Waals surface area contributed by atoms with Gasteiger partial charge in [-0.3, -0.25) is 4.90 Å². The maximum atomic E-state index is 4.78. The maximum Gasteiger partial charge on any atom is 0.185 e. The smallest absolute Gasteiger partial charge is 0.185 e. The molecule has 20 heavy (non-hydrogen) atoms. The Morgan fingerprint density at radius 3 is 2.45 bits per heavy atom. The fourth-order valence-corrected chi connectivity index (χ4v) is 3.85. The van der Waals surface area contributed by atoms with Gasteiger partial charge in [0.05, 0.1) is 5.69 Å². The third-order valence-corrected chi connectivity index (χ3v) is 5.85. The number of rotatable bonds is 5. The number of piperazine rings is 1. The lowest BCUT2D eigenvalue weighted by Gasteiger charge is -2.37. The standard InChI is InChI=1S/C15H28N4S/c1-6-11(2)18-7-9-19(10-8-18)15-17-13(4)14(20-15)12(3)16-5/h11-12,16H,6-10H2,1-5H3. The minimum Gasteiger partial charge on any atom is -0.346 e. The largest absolute Gasteiger partial charge is 0.346 e. The van der Waals surface area contributed by atoms with E-state index in [1.165, 1.54) is 22.1 Å². The number of nitrogens with zero attached hydrogens (tertiary/aromatic N) is 3. The Labute approximate surface area is 127 Å². The van der Waals surface area contributed by atoms with Crippen LogP contribution in [0.1, 0.15) is 43.8 Å². The van der Waals surface area contributed by atoms with Gasteiger partial charge >= 0.3 is 0 Å². The molecule has 1 saturated heterocycles. The highest BCUT2D eigenvalue weighted by Crippen LogP contribution is 2.31. The number of hydrogen-bond acceptors (Lipinski definition) is 5. The zero-order valence-corrected chi connectivity index (χ0v) is 14.3. The van der Waals surface area contributed by atoms with E-state index in [1.807, 2.05) is 18.4 Å². The van der Waals surface area contributed by atoms with E-state index in [1.54, 1.807) is 0 Å². The lowest BCUT2D eigenvalue weighted by Crippen LogP contribution is -2.49. The molecule has 4 nitrogen and oxygen atoms in total. The first-order chi connectivity index (χ1) is 9.56. The average Bonchev–Trinajstić information content (AvgIpc) is 2.87. The van der Waals surface area contributed by atoms with Gasteiger partial charge in [0.25, 0.3) is 0 Å². The predicted octanol–water partition coefficient (Wildman–Crippen LogP) is 2.65. The summed E-state index contributed by atoms with van der Waals surface area (Å²) in [6.07, 6.45) is 1.24. The number of anilines is 1. The Hall–Kier alpha value is -0.650. The fraction of sp³-hybridized carbons (Fsp3) is 0.800. The van der Waals surface area contributed by atoms with Crippen molar-refractivity contribution in [3.05, 3.63) is 10.6 Å². The summed E-state index contributed by atoms with van der Waals surface area (Å²) in [5.74, 6) is 0. The summed E-state index contributed by atoms with van der Waals surface area (Å²) in [6, 6.07) is 1.10. The molecule has 1 aromatic rings. The second-order valence-corrected chi connectivity index (χ2v) is 6.75. The van der Waals surface area contributed by atoms with Gasteiger partial charge < -0.3 is 10.2 Å². The molecule has 1 aromatic heterocycles. The summed E-state index contributed by atoms with van der Waals surface area (Å²) in [5.41, 5.74) is 1.18. The van der Waals surface area contributed by atoms with Gasteiger partial charge in [0.15, 0.2) is 5.13 Å². The Bertz CT molecular complexity index is 424. The average molecular weight is 296 g/mol. The van der Waals surface area contributed by atoms with Crippen molar-refractivity contribution < 1.29 is 0 Å². The van der Waals surface area contributed by atoms with Crippen molar-refractivity contribution in [2.45, 2.75) is 46.2 Å². The molecular weight excluding hydrogens is 268 g/mol. The molecule has 1 aliphatic rings. The molecular formula is C15H28N4S. The summed E-state index contributed by atoms with van der Waals surface area (Å²) in [7, 11) is 2.01. The molecule has 0 amide bonds. The molecule has 1 fully saturated rings. The first-order valence-corrected chi connectivity index (χ1v) is 8.52. The highest BCUT2D eigenvalue weighted by molar-refractivity contribution is 7.15. The molecule has 114 valence electrons. The molecule has 1 aliphatic heterocycles. The molecule has 0 aromatic carbocycles.